The minimum atomic E-state index is -2.01. The molecule has 0 fully saturated rings. The normalized spacial score (nSPS) is 15.0. The van der Waals surface area contributed by atoms with Crippen molar-refractivity contribution in [2.24, 2.45) is 5.73 Å². The lowest BCUT2D eigenvalue weighted by atomic mass is 9.86. The first kappa shape index (κ1) is 74.3. The number of nitrogens with two attached hydrogens (primary N) is 2. The van der Waals surface area contributed by atoms with Crippen LogP contribution in [0.2, 0.25) is 0 Å². The topological polar surface area (TPSA) is 583 Å². The molecule has 6 aromatic rings. The summed E-state index contributed by atoms with van der Waals surface area (Å²) in [5.41, 5.74) is 12.0. The molecule has 100 heavy (non-hydrogen) atoms. The summed E-state index contributed by atoms with van der Waals surface area (Å²) in [7, 11) is 1.93. The van der Waals surface area contributed by atoms with Crippen molar-refractivity contribution in [1.82, 2.24) is 61.4 Å². The van der Waals surface area contributed by atoms with Crippen molar-refractivity contribution < 1.29 is 92.5 Å². The van der Waals surface area contributed by atoms with E-state index >= 15 is 0 Å². The van der Waals surface area contributed by atoms with E-state index in [4.69, 9.17) is 36.1 Å². The number of aromatic amines is 1. The number of carboxylic acid groups (broad SMARTS) is 4. The van der Waals surface area contributed by atoms with Gasteiger partial charge < -0.3 is 93.0 Å². The van der Waals surface area contributed by atoms with Gasteiger partial charge in [0, 0.05) is 52.2 Å². The van der Waals surface area contributed by atoms with E-state index < -0.39 is 144 Å². The van der Waals surface area contributed by atoms with Gasteiger partial charge in [0.05, 0.1) is 60.3 Å². The fourth-order valence-corrected chi connectivity index (χ4v) is 12.6. The molecule has 2 aliphatic rings. The minimum Gasteiger partial charge on any atom is -0.481 e. The lowest BCUT2D eigenvalue weighted by Crippen LogP contribution is -2.58. The molecule has 0 spiro atoms. The van der Waals surface area contributed by atoms with E-state index in [0.717, 1.165) is 32.7 Å². The number of aliphatic carboxylic acids is 4. The molecule has 2 aliphatic heterocycles. The van der Waals surface area contributed by atoms with E-state index in [1.54, 1.807) is 25.1 Å². The highest BCUT2D eigenvalue weighted by Crippen LogP contribution is 2.41. The molecular weight excluding hydrogens is 1360 g/mol. The van der Waals surface area contributed by atoms with Crippen LogP contribution < -0.4 is 64.5 Å². The number of hydrogen-bond donors (Lipinski definition) is 16. The highest BCUT2D eigenvalue weighted by Gasteiger charge is 2.46. The van der Waals surface area contributed by atoms with Gasteiger partial charge in [-0.3, -0.25) is 53.5 Å². The Balaban J connectivity index is 0.812. The Morgan fingerprint density at radius 3 is 2.13 bits per heavy atom. The zero-order valence-electron chi connectivity index (χ0n) is 53.2. The SMILES string of the molecule is CCc1c2c(nc3ccc(OC(=O)OCCSSC[C@@H](NC(=O)[C@H](CC(=O)O)NC(=O)[C@@H](CCCNC(=N)N)NC(=O)[C@H](CC(=O)O)NC(=O)CC[C@@H](NC(=O)c4ccc(NCc5cnc6nc(N)[nH]c(=O)c6n5)cc4)C(=O)O)C(=O)O)cc13)-c1cc3c(c(=O)n1C2)COC(=O)C3(O)CC. The second-order valence-electron chi connectivity index (χ2n) is 22.5. The van der Waals surface area contributed by atoms with Crippen LogP contribution in [0.1, 0.15) is 97.1 Å². The summed E-state index contributed by atoms with van der Waals surface area (Å²) in [5, 5.41) is 75.4. The lowest BCUT2D eigenvalue weighted by molar-refractivity contribution is -0.172. The van der Waals surface area contributed by atoms with Crippen LogP contribution in [0, 0.1) is 5.41 Å². The quantitative estimate of drug-likeness (QED) is 0.00613. The first-order valence-electron chi connectivity index (χ1n) is 30.6. The fraction of sp³-hybridized carbons (Fsp3) is 0.377. The van der Waals surface area contributed by atoms with Gasteiger partial charge >= 0.3 is 36.0 Å². The standard InChI is InChI=1S/C61H68N16O21S2/c1-3-31-32-18-30(11-12-36(32)70-46-33(31)24-77-42(46)19-35-34(54(77)88)25-97-57(93)61(35,95)4-2)98-60(94)96-16-17-99-100-26-41(56(91)92)74-52(86)40(21-45(81)82)73-50(84)37(6-5-15-65-58(62)63)71-51(85)39(20-44(79)80)69-43(78)14-13-38(55(89)90)72-49(83)27-7-9-28(10-8-27)66-22-29-23-67-48-47(68-29)53(87)76-59(64)75-48/h7-12,18-19,23,37-41,66,95H,3-6,13-17,20-22,24-26H2,1-2H3,(H,69,78)(H,71,85)(H,72,83)(H,73,84)(H,74,86)(H,79,80)(H,81,82)(H,89,90)(H,91,92)(H4,62,63,65)(H3,64,67,75,76,87)/t37-,38-,39+,40+,41-,61?/m1/s1. The van der Waals surface area contributed by atoms with Crippen LogP contribution in [0.4, 0.5) is 16.4 Å². The Kier molecular flexibility index (Phi) is 24.7. The van der Waals surface area contributed by atoms with E-state index in [2.05, 4.69) is 57.2 Å². The third-order valence-electron chi connectivity index (χ3n) is 15.7. The van der Waals surface area contributed by atoms with Gasteiger partial charge in [0.15, 0.2) is 22.7 Å². The number of aromatic nitrogens is 6. The van der Waals surface area contributed by atoms with Crippen LogP contribution in [0.25, 0.3) is 33.5 Å². The number of nitrogens with zero attached hydrogens (tertiary/aromatic N) is 5. The van der Waals surface area contributed by atoms with Gasteiger partial charge in [0.25, 0.3) is 17.0 Å². The highest BCUT2D eigenvalue weighted by molar-refractivity contribution is 8.76. The summed E-state index contributed by atoms with van der Waals surface area (Å²) in [6.45, 7) is 3.11. The monoisotopic (exact) mass is 1420 g/mol. The van der Waals surface area contributed by atoms with E-state index in [1.807, 2.05) is 6.92 Å². The molecule has 4 aromatic heterocycles. The number of aryl methyl sites for hydroxylation is 1. The number of hydrogen-bond acceptors (Lipinski definition) is 26. The maximum absolute atomic E-state index is 13.9. The first-order valence-corrected chi connectivity index (χ1v) is 33.1. The summed E-state index contributed by atoms with van der Waals surface area (Å²) in [4.78, 5) is 187. The number of guanidine groups is 1. The van der Waals surface area contributed by atoms with Crippen molar-refractivity contribution in [3.8, 4) is 17.1 Å². The van der Waals surface area contributed by atoms with Crippen LogP contribution >= 0.6 is 21.6 Å². The number of carbonyl (C=O) groups excluding carboxylic acids is 7. The molecule has 6 heterocycles. The molecule has 0 bridgehead atoms. The summed E-state index contributed by atoms with van der Waals surface area (Å²) < 4.78 is 17.4. The average Bonchev–Trinajstić information content (AvgIpc) is 1.52. The number of fused-ring (bicyclic) bond motifs is 6. The van der Waals surface area contributed by atoms with Crippen molar-refractivity contribution >= 4 is 127 Å². The predicted octanol–water partition coefficient (Wildman–Crippen LogP) is -0.341. The van der Waals surface area contributed by atoms with Gasteiger partial charge in [-0.2, -0.15) is 4.98 Å². The maximum atomic E-state index is 13.9. The van der Waals surface area contributed by atoms with E-state index in [9.17, 15) is 87.9 Å². The van der Waals surface area contributed by atoms with Crippen LogP contribution in [0.3, 0.4) is 0 Å². The smallest absolute Gasteiger partial charge is 0.481 e. The van der Waals surface area contributed by atoms with E-state index in [-0.39, 0.29) is 103 Å². The molecule has 1 unspecified atom stereocenters. The highest BCUT2D eigenvalue weighted by atomic mass is 33.1. The van der Waals surface area contributed by atoms with Crippen molar-refractivity contribution in [2.75, 3.05) is 35.7 Å². The summed E-state index contributed by atoms with van der Waals surface area (Å²) >= 11 is 0. The number of nitrogen functional groups attached to an aromatic ring is 1. The molecule has 37 nitrogen and oxygen atoms in total. The predicted molar refractivity (Wildman–Crippen MR) is 354 cm³/mol. The maximum Gasteiger partial charge on any atom is 0.513 e. The van der Waals surface area contributed by atoms with Crippen LogP contribution in [-0.4, -0.2) is 181 Å². The van der Waals surface area contributed by atoms with Crippen molar-refractivity contribution in [1.29, 1.82) is 5.41 Å². The molecule has 2 aromatic carbocycles. The number of ether oxygens (including phenoxy) is 3. The molecule has 0 saturated heterocycles. The zero-order chi connectivity index (χ0) is 72.7. The molecule has 0 aliphatic carbocycles. The number of aliphatic hydroxyl groups is 1. The van der Waals surface area contributed by atoms with Crippen LogP contribution in [-0.2, 0) is 84.3 Å². The number of H-pyrrole nitrogens is 1. The summed E-state index contributed by atoms with van der Waals surface area (Å²) in [6, 6.07) is 2.89. The number of carbonyl (C=O) groups is 11. The Labute approximate surface area is 572 Å². The molecule has 39 heteroatoms. The largest absolute Gasteiger partial charge is 0.513 e. The number of anilines is 2. The van der Waals surface area contributed by atoms with E-state index in [0.29, 0.717) is 40.1 Å². The van der Waals surface area contributed by atoms with E-state index in [1.165, 1.54) is 41.1 Å². The van der Waals surface area contributed by atoms with Gasteiger partial charge in [-0.05, 0) is 86.2 Å². The zero-order valence-corrected chi connectivity index (χ0v) is 54.8. The molecule has 5 amide bonds. The lowest BCUT2D eigenvalue weighted by Gasteiger charge is -2.31. The summed E-state index contributed by atoms with van der Waals surface area (Å²) in [6.07, 6.45) is -3.21. The van der Waals surface area contributed by atoms with Crippen LogP contribution in [0.15, 0.2) is 64.3 Å². The third kappa shape index (κ3) is 18.6. The molecule has 0 saturated carbocycles. The second kappa shape index (κ2) is 33.2. The van der Waals surface area contributed by atoms with Gasteiger partial charge in [0.1, 0.15) is 49.2 Å². The number of carboxylic acids is 4. The fourth-order valence-electron chi connectivity index (χ4n) is 10.7. The first-order chi connectivity index (χ1) is 47.6. The molecule has 0 radical (unpaired) electrons. The number of rotatable bonds is 34. The Bertz CT molecular complexity index is 4370. The second-order valence-corrected chi connectivity index (χ2v) is 25.1. The Morgan fingerprint density at radius 1 is 0.800 bits per heavy atom. The van der Waals surface area contributed by atoms with Crippen molar-refractivity contribution in [2.45, 2.75) is 121 Å². The molecule has 530 valence electrons. The number of esters is 1. The van der Waals surface area contributed by atoms with Gasteiger partial charge in [-0.25, -0.2) is 34.1 Å². The van der Waals surface area contributed by atoms with Gasteiger partial charge in [-0.15, -0.1) is 0 Å². The number of benzene rings is 2. The molecule has 6 atom stereocenters. The molecular formula is C61H68N16O21S2. The number of pyridine rings is 2. The van der Waals surface area contributed by atoms with Gasteiger partial charge in [-0.1, -0.05) is 35.4 Å². The number of cyclic esters (lactones) is 1. The number of amides is 5. The summed E-state index contributed by atoms with van der Waals surface area (Å²) in [5.74, 6) is -13.9. The molecule has 8 rings (SSSR count). The van der Waals surface area contributed by atoms with Crippen molar-refractivity contribution in [3.63, 3.8) is 0 Å². The average molecular weight is 1430 g/mol. The Hall–Kier alpha value is -11.5. The number of nitrogens with one attached hydrogen (secondary N) is 9. The van der Waals surface area contributed by atoms with Crippen molar-refractivity contribution in [3.05, 3.63) is 109 Å². The van der Waals surface area contributed by atoms with Crippen LogP contribution in [0.5, 0.6) is 5.75 Å². The minimum absolute atomic E-state index is 0.000309. The Morgan fingerprint density at radius 2 is 1.47 bits per heavy atom. The third-order valence-corrected chi connectivity index (χ3v) is 18.1. The van der Waals surface area contributed by atoms with Gasteiger partial charge in [0.2, 0.25) is 29.6 Å². The molecule has 18 N–H and O–H groups in total.